The molecule has 0 aromatic carbocycles. The fourth-order valence-electron chi connectivity index (χ4n) is 1.51. The van der Waals surface area contributed by atoms with Crippen molar-refractivity contribution in [3.63, 3.8) is 0 Å². The highest BCUT2D eigenvalue weighted by atomic mass is 35.5. The molecule has 0 aliphatic carbocycles. The van der Waals surface area contributed by atoms with E-state index < -0.39 is 11.7 Å². The number of halogens is 4. The molecule has 2 aromatic rings. The third kappa shape index (κ3) is 3.93. The lowest BCUT2D eigenvalue weighted by atomic mass is 10.2. The van der Waals surface area contributed by atoms with E-state index in [1.165, 1.54) is 4.68 Å². The van der Waals surface area contributed by atoms with E-state index in [4.69, 9.17) is 5.73 Å². The van der Waals surface area contributed by atoms with Gasteiger partial charge in [0.05, 0.1) is 24.0 Å². The minimum absolute atomic E-state index is 0. The third-order valence-electron chi connectivity index (χ3n) is 2.39. The van der Waals surface area contributed by atoms with Gasteiger partial charge in [-0.2, -0.15) is 18.3 Å². The maximum absolute atomic E-state index is 12.5. The van der Waals surface area contributed by atoms with Crippen LogP contribution in [0.3, 0.4) is 0 Å². The van der Waals surface area contributed by atoms with Gasteiger partial charge < -0.3 is 5.73 Å². The van der Waals surface area contributed by atoms with Crippen molar-refractivity contribution in [1.82, 2.24) is 14.8 Å². The summed E-state index contributed by atoms with van der Waals surface area (Å²) in [6, 6.07) is 1.96. The molecule has 0 aliphatic heterocycles. The number of hydrogen-bond donors (Lipinski definition) is 1. The summed E-state index contributed by atoms with van der Waals surface area (Å²) in [6.45, 7) is 0.528. The molecule has 0 amide bonds. The van der Waals surface area contributed by atoms with Crippen molar-refractivity contribution in [2.75, 3.05) is 0 Å². The normalized spacial score (nSPS) is 11.2. The Hall–Kier alpha value is -1.60. The number of aromatic nitrogens is 3. The molecule has 2 heterocycles. The Labute approximate surface area is 113 Å². The average Bonchev–Trinajstić information content (AvgIpc) is 2.76. The second-order valence-electron chi connectivity index (χ2n) is 3.78. The van der Waals surface area contributed by atoms with Crippen LogP contribution in [0.15, 0.2) is 30.7 Å². The maximum atomic E-state index is 12.5. The predicted molar refractivity (Wildman–Crippen MR) is 65.7 cm³/mol. The summed E-state index contributed by atoms with van der Waals surface area (Å²) < 4.78 is 39.0. The molecule has 4 nitrogen and oxygen atoms in total. The molecule has 0 atom stereocenters. The Morgan fingerprint density at radius 2 is 2.05 bits per heavy atom. The Morgan fingerprint density at radius 1 is 1.32 bits per heavy atom. The molecule has 2 rings (SSSR count). The Bertz CT molecular complexity index is 539. The Balaban J connectivity index is 0.00000180. The van der Waals surface area contributed by atoms with Crippen LogP contribution in [0.1, 0.15) is 16.8 Å². The number of pyridine rings is 1. The summed E-state index contributed by atoms with van der Waals surface area (Å²) in [7, 11) is 0. The quantitative estimate of drug-likeness (QED) is 0.944. The molecule has 0 bridgehead atoms. The van der Waals surface area contributed by atoms with Crippen LogP contribution in [0.2, 0.25) is 0 Å². The monoisotopic (exact) mass is 292 g/mol. The Kier molecular flexibility index (Phi) is 4.90. The Morgan fingerprint density at radius 3 is 2.63 bits per heavy atom. The zero-order valence-corrected chi connectivity index (χ0v) is 10.6. The average molecular weight is 293 g/mol. The van der Waals surface area contributed by atoms with Crippen LogP contribution in [0.5, 0.6) is 0 Å². The van der Waals surface area contributed by atoms with Gasteiger partial charge in [0.15, 0.2) is 0 Å². The molecular formula is C11H12ClF3N4. The molecule has 0 spiro atoms. The van der Waals surface area contributed by atoms with Crippen molar-refractivity contribution >= 4 is 12.4 Å². The molecule has 0 saturated heterocycles. The zero-order chi connectivity index (χ0) is 13.2. The summed E-state index contributed by atoms with van der Waals surface area (Å²) in [5, 5.41) is 3.99. The lowest BCUT2D eigenvalue weighted by Crippen LogP contribution is -2.08. The van der Waals surface area contributed by atoms with Gasteiger partial charge in [0.1, 0.15) is 0 Å². The minimum Gasteiger partial charge on any atom is -0.326 e. The lowest BCUT2D eigenvalue weighted by molar-refractivity contribution is -0.137. The number of rotatable bonds is 3. The number of alkyl halides is 3. The molecule has 0 unspecified atom stereocenters. The molecule has 0 radical (unpaired) electrons. The van der Waals surface area contributed by atoms with Gasteiger partial charge in [-0.3, -0.25) is 9.67 Å². The van der Waals surface area contributed by atoms with Crippen LogP contribution < -0.4 is 5.73 Å². The summed E-state index contributed by atoms with van der Waals surface area (Å²) in [4.78, 5) is 3.89. The van der Waals surface area contributed by atoms with Crippen molar-refractivity contribution in [2.24, 2.45) is 5.73 Å². The van der Waals surface area contributed by atoms with Crippen molar-refractivity contribution in [2.45, 2.75) is 19.3 Å². The topological polar surface area (TPSA) is 56.7 Å². The van der Waals surface area contributed by atoms with E-state index in [0.717, 1.165) is 23.9 Å². The molecule has 0 saturated carbocycles. The van der Waals surface area contributed by atoms with Gasteiger partial charge in [0.2, 0.25) is 0 Å². The van der Waals surface area contributed by atoms with E-state index in [2.05, 4.69) is 10.1 Å². The molecule has 0 aliphatic rings. The zero-order valence-electron chi connectivity index (χ0n) is 9.76. The molecular weight excluding hydrogens is 281 g/mol. The van der Waals surface area contributed by atoms with E-state index in [1.54, 1.807) is 12.4 Å². The second kappa shape index (κ2) is 6.03. The first-order chi connectivity index (χ1) is 8.49. The first-order valence-corrected chi connectivity index (χ1v) is 5.22. The van der Waals surface area contributed by atoms with Crippen LogP contribution >= 0.6 is 12.4 Å². The molecule has 2 aromatic heterocycles. The van der Waals surface area contributed by atoms with Crippen molar-refractivity contribution in [3.05, 3.63) is 47.5 Å². The maximum Gasteiger partial charge on any atom is 0.416 e. The molecule has 19 heavy (non-hydrogen) atoms. The SMILES string of the molecule is Cl.NCc1cnn(Cc2cc(C(F)(F)F)ccn2)c1. The van der Waals surface area contributed by atoms with Crippen LogP contribution in [0.4, 0.5) is 13.2 Å². The van der Waals surface area contributed by atoms with E-state index in [0.29, 0.717) is 12.2 Å². The van der Waals surface area contributed by atoms with Gasteiger partial charge in [0, 0.05) is 24.5 Å². The van der Waals surface area contributed by atoms with Gasteiger partial charge in [-0.15, -0.1) is 12.4 Å². The van der Waals surface area contributed by atoms with Gasteiger partial charge in [-0.05, 0) is 12.1 Å². The van der Waals surface area contributed by atoms with Crippen LogP contribution in [0, 0.1) is 0 Å². The van der Waals surface area contributed by atoms with Gasteiger partial charge >= 0.3 is 6.18 Å². The fraction of sp³-hybridized carbons (Fsp3) is 0.273. The highest BCUT2D eigenvalue weighted by molar-refractivity contribution is 5.85. The van der Waals surface area contributed by atoms with Crippen LogP contribution in [-0.2, 0) is 19.3 Å². The largest absolute Gasteiger partial charge is 0.416 e. The van der Waals surface area contributed by atoms with Crippen LogP contribution in [-0.4, -0.2) is 14.8 Å². The van der Waals surface area contributed by atoms with Crippen LogP contribution in [0.25, 0.3) is 0 Å². The summed E-state index contributed by atoms with van der Waals surface area (Å²) in [5.74, 6) is 0. The molecule has 2 N–H and O–H groups in total. The smallest absolute Gasteiger partial charge is 0.326 e. The highest BCUT2D eigenvalue weighted by Crippen LogP contribution is 2.29. The van der Waals surface area contributed by atoms with Gasteiger partial charge in [0.25, 0.3) is 0 Å². The van der Waals surface area contributed by atoms with E-state index >= 15 is 0 Å². The number of nitrogens with zero attached hydrogens (tertiary/aromatic N) is 3. The van der Waals surface area contributed by atoms with Crippen molar-refractivity contribution in [1.29, 1.82) is 0 Å². The standard InChI is InChI=1S/C11H11F3N4.ClH/c12-11(13,14)9-1-2-16-10(3-9)7-18-6-8(4-15)5-17-18;/h1-3,5-6H,4,7,15H2;1H. The molecule has 104 valence electrons. The molecule has 0 fully saturated rings. The summed E-state index contributed by atoms with van der Waals surface area (Å²) >= 11 is 0. The number of nitrogens with two attached hydrogens (primary N) is 1. The minimum atomic E-state index is -4.36. The first-order valence-electron chi connectivity index (χ1n) is 5.22. The van der Waals surface area contributed by atoms with Crippen molar-refractivity contribution in [3.8, 4) is 0 Å². The predicted octanol–water partition coefficient (Wildman–Crippen LogP) is 2.23. The first kappa shape index (κ1) is 15.5. The van der Waals surface area contributed by atoms with E-state index in [-0.39, 0.29) is 19.0 Å². The third-order valence-corrected chi connectivity index (χ3v) is 2.39. The van der Waals surface area contributed by atoms with E-state index in [9.17, 15) is 13.2 Å². The van der Waals surface area contributed by atoms with Crippen molar-refractivity contribution < 1.29 is 13.2 Å². The van der Waals surface area contributed by atoms with Gasteiger partial charge in [-0.25, -0.2) is 0 Å². The molecule has 8 heteroatoms. The summed E-state index contributed by atoms with van der Waals surface area (Å²) in [6.07, 6.45) is 0.0469. The summed E-state index contributed by atoms with van der Waals surface area (Å²) in [5.41, 5.74) is 5.83. The lowest BCUT2D eigenvalue weighted by Gasteiger charge is -2.08. The second-order valence-corrected chi connectivity index (χ2v) is 3.78. The van der Waals surface area contributed by atoms with Gasteiger partial charge in [-0.1, -0.05) is 0 Å². The number of hydrogen-bond acceptors (Lipinski definition) is 3. The fourth-order valence-corrected chi connectivity index (χ4v) is 1.51. The van der Waals surface area contributed by atoms with E-state index in [1.807, 2.05) is 0 Å². The highest BCUT2D eigenvalue weighted by Gasteiger charge is 2.30.